The zero-order valence-electron chi connectivity index (χ0n) is 31.3. The van der Waals surface area contributed by atoms with E-state index in [4.69, 9.17) is 0 Å². The molecule has 0 N–H and O–H groups in total. The van der Waals surface area contributed by atoms with Gasteiger partial charge in [0.15, 0.2) is 0 Å². The van der Waals surface area contributed by atoms with Gasteiger partial charge in [0.1, 0.15) is 0 Å². The van der Waals surface area contributed by atoms with Crippen LogP contribution in [0.25, 0.3) is 88.3 Å². The summed E-state index contributed by atoms with van der Waals surface area (Å²) in [6.45, 7) is 0. The Morgan fingerprint density at radius 3 is 1.09 bits per heavy atom. The molecule has 0 amide bonds. The Labute approximate surface area is 333 Å². The Kier molecular flexibility index (Phi) is 7.89. The summed E-state index contributed by atoms with van der Waals surface area (Å²) in [4.78, 5) is 2.42. The van der Waals surface area contributed by atoms with Gasteiger partial charge in [-0.3, -0.25) is 0 Å². The van der Waals surface area contributed by atoms with Crippen molar-refractivity contribution >= 4 is 38.6 Å². The quantitative estimate of drug-likeness (QED) is 0.158. The van der Waals surface area contributed by atoms with Gasteiger partial charge in [-0.05, 0) is 125 Å². The summed E-state index contributed by atoms with van der Waals surface area (Å²) in [5.41, 5.74) is 18.6. The first-order valence-corrected chi connectivity index (χ1v) is 19.7. The molecule has 1 aliphatic rings. The van der Waals surface area contributed by atoms with E-state index in [2.05, 4.69) is 229 Å². The molecule has 0 unspecified atom stereocenters. The molecule has 0 atom stereocenters. The summed E-state index contributed by atoms with van der Waals surface area (Å²) in [5.74, 6) is 0. The highest BCUT2D eigenvalue weighted by Crippen LogP contribution is 2.60. The Morgan fingerprint density at radius 2 is 0.632 bits per heavy atom. The van der Waals surface area contributed by atoms with E-state index in [-0.39, 0.29) is 0 Å². The van der Waals surface area contributed by atoms with Gasteiger partial charge in [-0.2, -0.15) is 0 Å². The molecule has 10 aromatic rings. The van der Waals surface area contributed by atoms with E-state index in [1.807, 2.05) is 0 Å². The number of benzene rings is 10. The zero-order chi connectivity index (χ0) is 37.7. The van der Waals surface area contributed by atoms with E-state index in [0.717, 1.165) is 17.1 Å². The summed E-state index contributed by atoms with van der Waals surface area (Å²) in [6.07, 6.45) is 0. The predicted octanol–water partition coefficient (Wildman–Crippen LogP) is 15.8. The first-order valence-electron chi connectivity index (χ1n) is 19.7. The van der Waals surface area contributed by atoms with E-state index < -0.39 is 0 Å². The van der Waals surface area contributed by atoms with Crippen molar-refractivity contribution in [1.29, 1.82) is 0 Å². The molecule has 1 nitrogen and oxygen atoms in total. The maximum absolute atomic E-state index is 2.46. The van der Waals surface area contributed by atoms with Crippen LogP contribution >= 0.6 is 0 Å². The van der Waals surface area contributed by atoms with Gasteiger partial charge in [0, 0.05) is 16.8 Å². The van der Waals surface area contributed by atoms with Crippen LogP contribution in [0.3, 0.4) is 0 Å². The molecule has 0 aromatic heterocycles. The Morgan fingerprint density at radius 1 is 0.246 bits per heavy atom. The van der Waals surface area contributed by atoms with Crippen LogP contribution in [0.15, 0.2) is 224 Å². The average molecular weight is 724 g/mol. The Hall–Kier alpha value is -7.48. The molecule has 0 bridgehead atoms. The van der Waals surface area contributed by atoms with Crippen molar-refractivity contribution in [2.24, 2.45) is 0 Å². The van der Waals surface area contributed by atoms with Gasteiger partial charge in [-0.25, -0.2) is 0 Å². The lowest BCUT2D eigenvalue weighted by molar-refractivity contribution is 1.30. The fraction of sp³-hybridized carbons (Fsp3) is 0. The molecule has 11 rings (SSSR count). The molecule has 0 heterocycles. The van der Waals surface area contributed by atoms with Crippen LogP contribution in [0.1, 0.15) is 0 Å². The highest BCUT2D eigenvalue weighted by Gasteiger charge is 2.33. The van der Waals surface area contributed by atoms with Crippen LogP contribution in [0.2, 0.25) is 0 Å². The molecule has 0 fully saturated rings. The van der Waals surface area contributed by atoms with Crippen molar-refractivity contribution in [3.63, 3.8) is 0 Å². The number of anilines is 3. The SMILES string of the molecule is c1ccc(-c2ccc(N(c3ccc(-c4ccccc4)cc3)c3cccc4cc5c(cc34)-c3c-5c(-c4ccccc4)c4ccccc4c3-c3ccccc3)cc2)cc1. The van der Waals surface area contributed by atoms with Crippen molar-refractivity contribution < 1.29 is 0 Å². The summed E-state index contributed by atoms with van der Waals surface area (Å²) < 4.78 is 0. The number of hydrogen-bond acceptors (Lipinski definition) is 1. The van der Waals surface area contributed by atoms with Gasteiger partial charge in [0.25, 0.3) is 0 Å². The monoisotopic (exact) mass is 723 g/mol. The van der Waals surface area contributed by atoms with Crippen LogP contribution in [-0.2, 0) is 0 Å². The van der Waals surface area contributed by atoms with Gasteiger partial charge in [0.05, 0.1) is 5.69 Å². The third kappa shape index (κ3) is 5.55. The van der Waals surface area contributed by atoms with E-state index in [1.165, 1.54) is 88.3 Å². The molecule has 0 saturated heterocycles. The minimum absolute atomic E-state index is 1.11. The van der Waals surface area contributed by atoms with E-state index in [9.17, 15) is 0 Å². The zero-order valence-corrected chi connectivity index (χ0v) is 31.3. The van der Waals surface area contributed by atoms with Gasteiger partial charge in [-0.1, -0.05) is 182 Å². The third-order valence-corrected chi connectivity index (χ3v) is 11.6. The molecular formula is C56H37N. The fourth-order valence-corrected chi connectivity index (χ4v) is 8.94. The molecule has 0 radical (unpaired) electrons. The summed E-state index contributed by atoms with van der Waals surface area (Å²) in [6, 6.07) is 81.7. The second-order valence-electron chi connectivity index (χ2n) is 14.8. The van der Waals surface area contributed by atoms with Crippen LogP contribution < -0.4 is 4.90 Å². The summed E-state index contributed by atoms with van der Waals surface area (Å²) in [7, 11) is 0. The maximum atomic E-state index is 2.46. The Balaban J connectivity index is 1.13. The van der Waals surface area contributed by atoms with Crippen molar-refractivity contribution in [3.05, 3.63) is 224 Å². The molecule has 1 heteroatoms. The number of nitrogens with zero attached hydrogens (tertiary/aromatic N) is 1. The number of fused-ring (bicyclic) bond motifs is 6. The predicted molar refractivity (Wildman–Crippen MR) is 242 cm³/mol. The van der Waals surface area contributed by atoms with E-state index >= 15 is 0 Å². The summed E-state index contributed by atoms with van der Waals surface area (Å²) in [5, 5.41) is 5.00. The highest BCUT2D eigenvalue weighted by molar-refractivity contribution is 6.26. The van der Waals surface area contributed by atoms with Crippen molar-refractivity contribution in [1.82, 2.24) is 0 Å². The largest absolute Gasteiger partial charge is 0.310 e. The number of rotatable bonds is 7. The molecule has 1 aliphatic carbocycles. The second kappa shape index (κ2) is 13.7. The average Bonchev–Trinajstić information content (AvgIpc) is 3.29. The lowest BCUT2D eigenvalue weighted by atomic mass is 9.70. The first kappa shape index (κ1) is 32.9. The molecule has 10 aromatic carbocycles. The van der Waals surface area contributed by atoms with E-state index in [1.54, 1.807) is 0 Å². The van der Waals surface area contributed by atoms with Gasteiger partial charge < -0.3 is 4.90 Å². The Bertz CT molecular complexity index is 2980. The molecular weight excluding hydrogens is 687 g/mol. The minimum atomic E-state index is 1.11. The topological polar surface area (TPSA) is 3.24 Å². The molecule has 266 valence electrons. The van der Waals surface area contributed by atoms with Crippen LogP contribution in [0.5, 0.6) is 0 Å². The normalized spacial score (nSPS) is 11.5. The highest BCUT2D eigenvalue weighted by atomic mass is 15.1. The maximum Gasteiger partial charge on any atom is 0.0540 e. The number of hydrogen-bond donors (Lipinski definition) is 0. The standard InChI is InChI=1S/C56H37N/c1-5-16-38(17-6-1)40-28-32-45(33-29-40)57(46-34-30-41(31-35-46)39-18-7-2-8-19-39)52-27-15-24-44-36-50-51(37-49(44)52)56-54(43-22-11-4-12-23-43)48-26-14-13-25-47(48)53(55(50)56)42-20-9-3-10-21-42/h1-37H. The fourth-order valence-electron chi connectivity index (χ4n) is 8.94. The summed E-state index contributed by atoms with van der Waals surface area (Å²) >= 11 is 0. The minimum Gasteiger partial charge on any atom is -0.310 e. The molecule has 0 aliphatic heterocycles. The smallest absolute Gasteiger partial charge is 0.0540 e. The lowest BCUT2D eigenvalue weighted by Crippen LogP contribution is -2.11. The van der Waals surface area contributed by atoms with Gasteiger partial charge in [-0.15, -0.1) is 0 Å². The molecule has 0 saturated carbocycles. The van der Waals surface area contributed by atoms with E-state index in [0.29, 0.717) is 0 Å². The van der Waals surface area contributed by atoms with Crippen molar-refractivity contribution in [2.75, 3.05) is 4.90 Å². The van der Waals surface area contributed by atoms with Crippen LogP contribution in [-0.4, -0.2) is 0 Å². The van der Waals surface area contributed by atoms with Gasteiger partial charge in [0.2, 0.25) is 0 Å². The van der Waals surface area contributed by atoms with Crippen LogP contribution in [0, 0.1) is 0 Å². The molecule has 57 heavy (non-hydrogen) atoms. The lowest BCUT2D eigenvalue weighted by Gasteiger charge is -2.33. The van der Waals surface area contributed by atoms with Crippen molar-refractivity contribution in [2.45, 2.75) is 0 Å². The first-order chi connectivity index (χ1) is 28.3. The third-order valence-electron chi connectivity index (χ3n) is 11.6. The van der Waals surface area contributed by atoms with Crippen molar-refractivity contribution in [3.8, 4) is 66.8 Å². The second-order valence-corrected chi connectivity index (χ2v) is 14.8. The van der Waals surface area contributed by atoms with Gasteiger partial charge >= 0.3 is 0 Å². The molecule has 0 spiro atoms. The van der Waals surface area contributed by atoms with Crippen LogP contribution in [0.4, 0.5) is 17.1 Å².